The van der Waals surface area contributed by atoms with Crippen molar-refractivity contribution < 1.29 is 13.5 Å². The number of aliphatic hydroxyl groups is 1. The zero-order valence-corrected chi connectivity index (χ0v) is 7.32. The summed E-state index contributed by atoms with van der Waals surface area (Å²) in [6.07, 6.45) is 1.11. The van der Waals surface area contributed by atoms with Gasteiger partial charge in [0, 0.05) is 19.6 Å². The van der Waals surface area contributed by atoms with Crippen LogP contribution in [0.2, 0.25) is 0 Å². The van der Waals surface area contributed by atoms with Gasteiger partial charge in [-0.1, -0.05) is 7.43 Å². The molecule has 76 valence electrons. The van der Waals surface area contributed by atoms with Crippen LogP contribution in [-0.2, 0) is 10.0 Å². The molecule has 0 amide bonds. The van der Waals surface area contributed by atoms with E-state index >= 15 is 0 Å². The molecule has 0 aliphatic heterocycles. The van der Waals surface area contributed by atoms with Gasteiger partial charge in [0.15, 0.2) is 0 Å². The minimum Gasteiger partial charge on any atom is -0.395 e. The van der Waals surface area contributed by atoms with Crippen molar-refractivity contribution in [2.24, 2.45) is 0 Å². The fourth-order valence-corrected chi connectivity index (χ4v) is 1.00. The van der Waals surface area contributed by atoms with Gasteiger partial charge in [-0.05, 0) is 0 Å². The second-order valence-electron chi connectivity index (χ2n) is 2.14. The van der Waals surface area contributed by atoms with Crippen molar-refractivity contribution in [2.45, 2.75) is 7.43 Å². The molecule has 0 unspecified atom stereocenters. The molecule has 0 fully saturated rings. The zero-order chi connectivity index (χ0) is 8.74. The Labute approximate surface area is 74.2 Å². The van der Waals surface area contributed by atoms with Gasteiger partial charge in [-0.2, -0.15) is 0 Å². The lowest BCUT2D eigenvalue weighted by Crippen LogP contribution is -2.32. The van der Waals surface area contributed by atoms with Crippen LogP contribution in [0.25, 0.3) is 0 Å². The molecule has 0 saturated carbocycles. The standard InChI is InChI=1S/C5H14N2O3S.CH4/c1-11(9,10)7-3-2-6-4-5-8;/h6-8H,2-5H2,1H3;1H4. The van der Waals surface area contributed by atoms with Gasteiger partial charge in [-0.3, -0.25) is 0 Å². The van der Waals surface area contributed by atoms with Crippen molar-refractivity contribution in [3.63, 3.8) is 0 Å². The third kappa shape index (κ3) is 12.5. The Balaban J connectivity index is 0. The Kier molecular flexibility index (Phi) is 8.95. The molecule has 0 aromatic carbocycles. The number of sulfonamides is 1. The summed E-state index contributed by atoms with van der Waals surface area (Å²) in [6, 6.07) is 0. The number of hydrogen-bond donors (Lipinski definition) is 3. The maximum Gasteiger partial charge on any atom is 0.208 e. The van der Waals surface area contributed by atoms with Gasteiger partial charge in [-0.25, -0.2) is 13.1 Å². The average molecular weight is 198 g/mol. The first-order valence-electron chi connectivity index (χ1n) is 3.32. The van der Waals surface area contributed by atoms with Crippen molar-refractivity contribution in [1.29, 1.82) is 0 Å². The summed E-state index contributed by atoms with van der Waals surface area (Å²) in [5.41, 5.74) is 0. The SMILES string of the molecule is C.CS(=O)(=O)NCCNCCO. The fourth-order valence-electron chi connectivity index (χ4n) is 0.529. The minimum absolute atomic E-state index is 0. The molecule has 5 nitrogen and oxygen atoms in total. The molecule has 3 N–H and O–H groups in total. The smallest absolute Gasteiger partial charge is 0.208 e. The van der Waals surface area contributed by atoms with Crippen LogP contribution < -0.4 is 10.0 Å². The van der Waals surface area contributed by atoms with Crippen LogP contribution >= 0.6 is 0 Å². The molecule has 0 spiro atoms. The highest BCUT2D eigenvalue weighted by molar-refractivity contribution is 7.88. The minimum atomic E-state index is -3.06. The number of nitrogens with one attached hydrogen (secondary N) is 2. The third-order valence-electron chi connectivity index (χ3n) is 0.955. The predicted octanol–water partition coefficient (Wildman–Crippen LogP) is -1.25. The number of aliphatic hydroxyl groups excluding tert-OH is 1. The largest absolute Gasteiger partial charge is 0.395 e. The molecule has 0 bridgehead atoms. The first-order valence-corrected chi connectivity index (χ1v) is 5.21. The van der Waals surface area contributed by atoms with Crippen molar-refractivity contribution in [1.82, 2.24) is 10.0 Å². The van der Waals surface area contributed by atoms with Gasteiger partial charge < -0.3 is 10.4 Å². The highest BCUT2D eigenvalue weighted by Gasteiger charge is 1.96. The van der Waals surface area contributed by atoms with Crippen molar-refractivity contribution >= 4 is 10.0 Å². The molecule has 0 heterocycles. The summed E-state index contributed by atoms with van der Waals surface area (Å²) in [5.74, 6) is 0. The van der Waals surface area contributed by atoms with E-state index < -0.39 is 10.0 Å². The van der Waals surface area contributed by atoms with Crippen LogP contribution in [0, 0.1) is 0 Å². The van der Waals surface area contributed by atoms with Crippen LogP contribution in [0.4, 0.5) is 0 Å². The quantitative estimate of drug-likeness (QED) is 0.466. The third-order valence-corrected chi connectivity index (χ3v) is 1.68. The van der Waals surface area contributed by atoms with Gasteiger partial charge in [0.2, 0.25) is 10.0 Å². The predicted molar refractivity (Wildman–Crippen MR) is 49.5 cm³/mol. The van der Waals surface area contributed by atoms with Crippen LogP contribution in [0.5, 0.6) is 0 Å². The summed E-state index contributed by atoms with van der Waals surface area (Å²) in [6.45, 7) is 1.46. The molecule has 0 rings (SSSR count). The van der Waals surface area contributed by atoms with Gasteiger partial charge in [0.25, 0.3) is 0 Å². The molecule has 0 radical (unpaired) electrons. The Morgan fingerprint density at radius 2 is 1.83 bits per heavy atom. The maximum absolute atomic E-state index is 10.5. The molecule has 6 heteroatoms. The molecule has 12 heavy (non-hydrogen) atoms. The van der Waals surface area contributed by atoms with Gasteiger partial charge in [0.05, 0.1) is 12.9 Å². The highest BCUT2D eigenvalue weighted by atomic mass is 32.2. The first kappa shape index (κ1) is 14.4. The molecule has 0 saturated heterocycles. The summed E-state index contributed by atoms with van der Waals surface area (Å²) >= 11 is 0. The van der Waals surface area contributed by atoms with E-state index in [1.54, 1.807) is 0 Å². The van der Waals surface area contributed by atoms with Gasteiger partial charge >= 0.3 is 0 Å². The van der Waals surface area contributed by atoms with Crippen LogP contribution in [0.3, 0.4) is 0 Å². The van der Waals surface area contributed by atoms with Gasteiger partial charge in [-0.15, -0.1) is 0 Å². The Morgan fingerprint density at radius 3 is 2.25 bits per heavy atom. The van der Waals surface area contributed by atoms with E-state index in [0.29, 0.717) is 19.6 Å². The first-order chi connectivity index (χ1) is 5.06. The lowest BCUT2D eigenvalue weighted by molar-refractivity contribution is 0.293. The van der Waals surface area contributed by atoms with E-state index in [0.717, 1.165) is 6.26 Å². The molecular weight excluding hydrogens is 180 g/mol. The molecule has 0 aromatic rings. The maximum atomic E-state index is 10.5. The molecule has 0 aromatic heterocycles. The lowest BCUT2D eigenvalue weighted by atomic mass is 10.6. The van der Waals surface area contributed by atoms with Crippen molar-refractivity contribution in [2.75, 3.05) is 32.5 Å². The molecule has 0 atom stereocenters. The molecule has 0 aliphatic carbocycles. The van der Waals surface area contributed by atoms with Crippen molar-refractivity contribution in [3.8, 4) is 0 Å². The monoisotopic (exact) mass is 198 g/mol. The normalized spacial score (nSPS) is 10.8. The van der Waals surface area contributed by atoms with Crippen LogP contribution in [0.15, 0.2) is 0 Å². The Bertz CT molecular complexity index is 179. The highest BCUT2D eigenvalue weighted by Crippen LogP contribution is 1.70. The summed E-state index contributed by atoms with van der Waals surface area (Å²) in [7, 11) is -3.06. The van der Waals surface area contributed by atoms with E-state index in [-0.39, 0.29) is 14.0 Å². The van der Waals surface area contributed by atoms with E-state index in [4.69, 9.17) is 5.11 Å². The Morgan fingerprint density at radius 1 is 1.25 bits per heavy atom. The van der Waals surface area contributed by atoms with E-state index in [1.807, 2.05) is 0 Å². The fraction of sp³-hybridized carbons (Fsp3) is 1.00. The van der Waals surface area contributed by atoms with Gasteiger partial charge in [0.1, 0.15) is 0 Å². The van der Waals surface area contributed by atoms with Crippen molar-refractivity contribution in [3.05, 3.63) is 0 Å². The topological polar surface area (TPSA) is 78.4 Å². The summed E-state index contributed by atoms with van der Waals surface area (Å²) < 4.78 is 23.3. The number of rotatable bonds is 6. The number of hydrogen-bond acceptors (Lipinski definition) is 4. The second kappa shape index (κ2) is 7.48. The van der Waals surface area contributed by atoms with Crippen LogP contribution in [-0.4, -0.2) is 46.0 Å². The summed E-state index contributed by atoms with van der Waals surface area (Å²) in [4.78, 5) is 0. The molecular formula is C6H18N2O3S. The van der Waals surface area contributed by atoms with Crippen LogP contribution in [0.1, 0.15) is 7.43 Å². The summed E-state index contributed by atoms with van der Waals surface area (Å²) in [5, 5.41) is 11.2. The van der Waals surface area contributed by atoms with E-state index in [2.05, 4.69) is 10.0 Å². The second-order valence-corrected chi connectivity index (χ2v) is 3.97. The van der Waals surface area contributed by atoms with E-state index in [9.17, 15) is 8.42 Å². The average Bonchev–Trinajstić information content (AvgIpc) is 1.85. The van der Waals surface area contributed by atoms with E-state index in [1.165, 1.54) is 0 Å². The molecule has 0 aliphatic rings. The Hall–Kier alpha value is -0.170. The lowest BCUT2D eigenvalue weighted by Gasteiger charge is -2.02. The zero-order valence-electron chi connectivity index (χ0n) is 6.50.